The van der Waals surface area contributed by atoms with Crippen LogP contribution in [0.2, 0.25) is 0 Å². The third-order valence-electron chi connectivity index (χ3n) is 6.19. The van der Waals surface area contributed by atoms with Crippen molar-refractivity contribution in [1.29, 1.82) is 0 Å². The summed E-state index contributed by atoms with van der Waals surface area (Å²) in [6, 6.07) is 9.41. The van der Waals surface area contributed by atoms with Gasteiger partial charge in [0.15, 0.2) is 0 Å². The van der Waals surface area contributed by atoms with E-state index >= 15 is 0 Å². The number of aromatic nitrogens is 3. The zero-order valence-corrected chi connectivity index (χ0v) is 16.4. The number of halogens is 3. The van der Waals surface area contributed by atoms with Gasteiger partial charge < -0.3 is 15.0 Å². The van der Waals surface area contributed by atoms with E-state index in [-0.39, 0.29) is 23.8 Å². The number of likely N-dealkylation sites (tertiary alicyclic amines) is 1. The Kier molecular flexibility index (Phi) is 4.67. The van der Waals surface area contributed by atoms with E-state index in [9.17, 15) is 13.2 Å². The summed E-state index contributed by atoms with van der Waals surface area (Å²) in [6.07, 6.45) is -1.03. The molecular formula is C21H22F3N5O. The third kappa shape index (κ3) is 3.31. The Morgan fingerprint density at radius 2 is 2.00 bits per heavy atom. The minimum absolute atomic E-state index is 0.0879. The molecule has 0 unspecified atom stereocenters. The van der Waals surface area contributed by atoms with Crippen LogP contribution >= 0.6 is 0 Å². The van der Waals surface area contributed by atoms with E-state index in [0.717, 1.165) is 37.6 Å². The highest BCUT2D eigenvalue weighted by molar-refractivity contribution is 5.88. The summed E-state index contributed by atoms with van der Waals surface area (Å²) < 4.78 is 45.0. The van der Waals surface area contributed by atoms with Crippen LogP contribution in [0.4, 0.5) is 19.0 Å². The van der Waals surface area contributed by atoms with Gasteiger partial charge in [-0.1, -0.05) is 24.3 Å². The predicted molar refractivity (Wildman–Crippen MR) is 106 cm³/mol. The predicted octanol–water partition coefficient (Wildman–Crippen LogP) is 3.78. The van der Waals surface area contributed by atoms with Gasteiger partial charge in [-0.15, -0.1) is 0 Å². The first-order valence-electron chi connectivity index (χ1n) is 9.96. The number of aromatic amines is 1. The van der Waals surface area contributed by atoms with Crippen LogP contribution in [-0.4, -0.2) is 52.2 Å². The quantitative estimate of drug-likeness (QED) is 0.677. The van der Waals surface area contributed by atoms with E-state index in [0.29, 0.717) is 11.2 Å². The fraction of sp³-hybridized carbons (Fsp3) is 0.429. The first-order valence-corrected chi connectivity index (χ1v) is 9.96. The Balaban J connectivity index is 1.51. The minimum atomic E-state index is -4.47. The number of nitrogens with one attached hydrogen (secondary N) is 2. The van der Waals surface area contributed by atoms with Gasteiger partial charge in [-0.2, -0.15) is 13.2 Å². The maximum absolute atomic E-state index is 13.2. The molecule has 0 amide bonds. The fourth-order valence-corrected chi connectivity index (χ4v) is 4.55. The van der Waals surface area contributed by atoms with Crippen LogP contribution in [0.15, 0.2) is 36.7 Å². The van der Waals surface area contributed by atoms with Crippen molar-refractivity contribution in [3.63, 3.8) is 0 Å². The highest BCUT2D eigenvalue weighted by atomic mass is 19.4. The molecule has 0 bridgehead atoms. The SMILES string of the molecule is COC1CN([C@@H]2CCc3ccccc3[C@H]2Nc2ncnc3[nH]c(C(F)(F)F)cc23)C1. The van der Waals surface area contributed by atoms with E-state index in [1.807, 2.05) is 12.1 Å². The number of ether oxygens (including phenoxy) is 1. The van der Waals surface area contributed by atoms with Crippen LogP contribution in [0.3, 0.4) is 0 Å². The zero-order chi connectivity index (χ0) is 20.9. The van der Waals surface area contributed by atoms with Gasteiger partial charge in [0.05, 0.1) is 17.5 Å². The summed E-state index contributed by atoms with van der Waals surface area (Å²) in [5.74, 6) is 0.405. The maximum atomic E-state index is 13.2. The van der Waals surface area contributed by atoms with Crippen LogP contribution in [0.1, 0.15) is 29.3 Å². The first kappa shape index (κ1) is 19.3. The number of hydrogen-bond donors (Lipinski definition) is 2. The van der Waals surface area contributed by atoms with Crippen LogP contribution in [0.5, 0.6) is 0 Å². The van der Waals surface area contributed by atoms with Gasteiger partial charge >= 0.3 is 6.18 Å². The summed E-state index contributed by atoms with van der Waals surface area (Å²) in [5.41, 5.74) is 1.76. The monoisotopic (exact) mass is 417 g/mol. The van der Waals surface area contributed by atoms with Gasteiger partial charge in [0.2, 0.25) is 0 Å². The van der Waals surface area contributed by atoms with Crippen molar-refractivity contribution in [2.45, 2.75) is 37.2 Å². The van der Waals surface area contributed by atoms with Crippen molar-refractivity contribution in [3.05, 3.63) is 53.5 Å². The van der Waals surface area contributed by atoms with Crippen molar-refractivity contribution < 1.29 is 17.9 Å². The van der Waals surface area contributed by atoms with Crippen molar-refractivity contribution in [2.24, 2.45) is 0 Å². The smallest absolute Gasteiger partial charge is 0.379 e. The average Bonchev–Trinajstić information content (AvgIpc) is 3.14. The van der Waals surface area contributed by atoms with E-state index in [1.165, 1.54) is 11.9 Å². The molecule has 2 atom stereocenters. The second-order valence-electron chi connectivity index (χ2n) is 7.90. The molecule has 1 aromatic carbocycles. The molecule has 2 aliphatic rings. The molecule has 2 N–H and O–H groups in total. The second-order valence-corrected chi connectivity index (χ2v) is 7.90. The summed E-state index contributed by atoms with van der Waals surface area (Å²) in [5, 5.41) is 3.79. The number of fused-ring (bicyclic) bond motifs is 2. The number of methoxy groups -OCH3 is 1. The zero-order valence-electron chi connectivity index (χ0n) is 16.4. The molecule has 5 rings (SSSR count). The van der Waals surface area contributed by atoms with E-state index in [4.69, 9.17) is 4.74 Å². The van der Waals surface area contributed by atoms with Crippen LogP contribution < -0.4 is 5.32 Å². The molecule has 158 valence electrons. The average molecular weight is 417 g/mol. The lowest BCUT2D eigenvalue weighted by molar-refractivity contribution is -0.140. The number of nitrogens with zero attached hydrogens (tertiary/aromatic N) is 3. The fourth-order valence-electron chi connectivity index (χ4n) is 4.55. The molecule has 1 aliphatic carbocycles. The standard InChI is InChI=1S/C21H22F3N5O/c1-30-13-9-29(10-13)16-7-6-12-4-2-3-5-14(12)18(16)28-20-15-8-17(21(22,23)24)27-19(15)25-11-26-20/h2-5,8,11,13,16,18H,6-7,9-10H2,1H3,(H2,25,26,27,28)/t16-,18-/m1/s1. The normalized spacial score (nSPS) is 22.7. The Morgan fingerprint density at radius 3 is 2.77 bits per heavy atom. The van der Waals surface area contributed by atoms with Gasteiger partial charge in [0.1, 0.15) is 23.5 Å². The molecule has 2 aromatic heterocycles. The van der Waals surface area contributed by atoms with Crippen molar-refractivity contribution in [1.82, 2.24) is 19.9 Å². The van der Waals surface area contributed by atoms with Crippen molar-refractivity contribution >= 4 is 16.9 Å². The lowest BCUT2D eigenvalue weighted by Gasteiger charge is -2.48. The van der Waals surface area contributed by atoms with Gasteiger partial charge in [-0.3, -0.25) is 4.90 Å². The summed E-state index contributed by atoms with van der Waals surface area (Å²) in [7, 11) is 1.72. The summed E-state index contributed by atoms with van der Waals surface area (Å²) >= 11 is 0. The van der Waals surface area contributed by atoms with E-state index in [1.54, 1.807) is 7.11 Å². The minimum Gasteiger partial charge on any atom is -0.379 e. The Hall–Kier alpha value is -2.65. The molecule has 0 spiro atoms. The van der Waals surface area contributed by atoms with Gasteiger partial charge in [0.25, 0.3) is 0 Å². The molecule has 1 fully saturated rings. The Morgan fingerprint density at radius 1 is 1.20 bits per heavy atom. The Labute approximate surface area is 171 Å². The molecule has 1 saturated heterocycles. The molecule has 9 heteroatoms. The van der Waals surface area contributed by atoms with E-state index in [2.05, 4.69) is 37.3 Å². The Bertz CT molecular complexity index is 1060. The number of rotatable bonds is 4. The number of benzene rings is 1. The number of H-pyrrole nitrogens is 1. The first-order chi connectivity index (χ1) is 14.4. The second kappa shape index (κ2) is 7.24. The van der Waals surface area contributed by atoms with Gasteiger partial charge in [0, 0.05) is 26.2 Å². The van der Waals surface area contributed by atoms with Crippen LogP contribution in [-0.2, 0) is 17.3 Å². The third-order valence-corrected chi connectivity index (χ3v) is 6.19. The number of aryl methyl sites for hydroxylation is 1. The molecule has 3 aromatic rings. The number of hydrogen-bond acceptors (Lipinski definition) is 5. The van der Waals surface area contributed by atoms with Crippen LogP contribution in [0.25, 0.3) is 11.0 Å². The lowest BCUT2D eigenvalue weighted by atomic mass is 9.82. The lowest BCUT2D eigenvalue weighted by Crippen LogP contribution is -2.59. The largest absolute Gasteiger partial charge is 0.431 e. The van der Waals surface area contributed by atoms with E-state index < -0.39 is 11.9 Å². The molecule has 0 saturated carbocycles. The highest BCUT2D eigenvalue weighted by Gasteiger charge is 2.40. The molecule has 6 nitrogen and oxygen atoms in total. The summed E-state index contributed by atoms with van der Waals surface area (Å²) in [6.45, 7) is 1.70. The van der Waals surface area contributed by atoms with Crippen LogP contribution in [0, 0.1) is 0 Å². The highest BCUT2D eigenvalue weighted by Crippen LogP contribution is 2.39. The number of alkyl halides is 3. The molecule has 0 radical (unpaired) electrons. The molecular weight excluding hydrogens is 395 g/mol. The van der Waals surface area contributed by atoms with Crippen molar-refractivity contribution in [3.8, 4) is 0 Å². The molecule has 3 heterocycles. The molecule has 1 aliphatic heterocycles. The van der Waals surface area contributed by atoms with Gasteiger partial charge in [-0.25, -0.2) is 9.97 Å². The molecule has 30 heavy (non-hydrogen) atoms. The summed E-state index contributed by atoms with van der Waals surface area (Å²) in [4.78, 5) is 13.0. The number of anilines is 1. The van der Waals surface area contributed by atoms with Gasteiger partial charge in [-0.05, 0) is 30.0 Å². The topological polar surface area (TPSA) is 66.1 Å². The van der Waals surface area contributed by atoms with Crippen molar-refractivity contribution in [2.75, 3.05) is 25.5 Å². The maximum Gasteiger partial charge on any atom is 0.431 e.